The average molecular weight is 277 g/mol. The van der Waals surface area contributed by atoms with E-state index in [1.54, 1.807) is 0 Å². The second-order valence-electron chi connectivity index (χ2n) is 3.58. The molecule has 1 nitrogen and oxygen atoms in total. The second-order valence-corrected chi connectivity index (χ2v) is 4.87. The summed E-state index contributed by atoms with van der Waals surface area (Å²) in [6.45, 7) is 4.31. The number of hydrogen-bond acceptors (Lipinski definition) is 1. The van der Waals surface area contributed by atoms with Crippen molar-refractivity contribution in [3.8, 4) is 0 Å². The molecule has 0 saturated heterocycles. The fraction of sp³-hybridized carbons (Fsp3) is 0.455. The molecule has 78 valence electrons. The Kier molecular flexibility index (Phi) is 4.42. The largest absolute Gasteiger partial charge is 0.324 e. The van der Waals surface area contributed by atoms with Crippen LogP contribution in [0.1, 0.15) is 31.9 Å². The molecule has 0 aliphatic heterocycles. The summed E-state index contributed by atoms with van der Waals surface area (Å²) in [5.74, 6) is 0.479. The van der Waals surface area contributed by atoms with Gasteiger partial charge in [0.15, 0.2) is 0 Å². The van der Waals surface area contributed by atoms with Gasteiger partial charge in [-0.3, -0.25) is 0 Å². The van der Waals surface area contributed by atoms with Crippen molar-refractivity contribution in [1.29, 1.82) is 0 Å². The van der Waals surface area contributed by atoms with Crippen LogP contribution in [0, 0.1) is 5.92 Å². The third-order valence-electron chi connectivity index (χ3n) is 2.58. The highest BCUT2D eigenvalue weighted by atomic mass is 79.9. The van der Waals surface area contributed by atoms with E-state index in [4.69, 9.17) is 17.3 Å². The fourth-order valence-electron chi connectivity index (χ4n) is 1.33. The van der Waals surface area contributed by atoms with Crippen LogP contribution in [0.2, 0.25) is 5.02 Å². The van der Waals surface area contributed by atoms with Crippen LogP contribution in [0.4, 0.5) is 0 Å². The van der Waals surface area contributed by atoms with E-state index in [2.05, 4.69) is 29.8 Å². The summed E-state index contributed by atoms with van der Waals surface area (Å²) < 4.78 is 0.998. The van der Waals surface area contributed by atoms with Crippen molar-refractivity contribution in [2.75, 3.05) is 0 Å². The lowest BCUT2D eigenvalue weighted by molar-refractivity contribution is 0.455. The van der Waals surface area contributed by atoms with E-state index in [0.29, 0.717) is 5.92 Å². The van der Waals surface area contributed by atoms with Gasteiger partial charge in [-0.2, -0.15) is 0 Å². The molecule has 1 unspecified atom stereocenters. The first kappa shape index (κ1) is 12.0. The first-order valence-corrected chi connectivity index (χ1v) is 5.94. The molecule has 2 atom stereocenters. The van der Waals surface area contributed by atoms with Crippen molar-refractivity contribution in [1.82, 2.24) is 0 Å². The molecule has 0 bridgehead atoms. The molecule has 0 aliphatic rings. The van der Waals surface area contributed by atoms with Crippen molar-refractivity contribution < 1.29 is 0 Å². The van der Waals surface area contributed by atoms with E-state index in [1.807, 2.05) is 18.2 Å². The van der Waals surface area contributed by atoms with Crippen LogP contribution in [-0.4, -0.2) is 0 Å². The molecule has 2 N–H and O–H groups in total. The van der Waals surface area contributed by atoms with E-state index in [0.717, 1.165) is 21.5 Å². The summed E-state index contributed by atoms with van der Waals surface area (Å²) in [5, 5.41) is 0.733. The van der Waals surface area contributed by atoms with Gasteiger partial charge >= 0.3 is 0 Å². The molecule has 1 aromatic rings. The topological polar surface area (TPSA) is 26.0 Å². The predicted molar refractivity (Wildman–Crippen MR) is 65.5 cm³/mol. The van der Waals surface area contributed by atoms with Crippen LogP contribution in [0.15, 0.2) is 22.7 Å². The van der Waals surface area contributed by atoms with Gasteiger partial charge in [-0.15, -0.1) is 0 Å². The summed E-state index contributed by atoms with van der Waals surface area (Å²) in [6.07, 6.45) is 1.08. The standard InChI is InChI=1S/C11H15BrClN/c1-3-7(2)11(14)9-5-4-8(13)6-10(9)12/h4-7,11H,3,14H2,1-2H3/t7?,11-/m1/s1. The average Bonchev–Trinajstić information content (AvgIpc) is 2.15. The van der Waals surface area contributed by atoms with Crippen molar-refractivity contribution in [2.24, 2.45) is 11.7 Å². The highest BCUT2D eigenvalue weighted by Crippen LogP contribution is 2.30. The molecular weight excluding hydrogens is 261 g/mol. The molecule has 0 amide bonds. The number of rotatable bonds is 3. The first-order chi connectivity index (χ1) is 6.56. The fourth-order valence-corrected chi connectivity index (χ4v) is 2.28. The summed E-state index contributed by atoms with van der Waals surface area (Å²) in [4.78, 5) is 0. The molecule has 3 heteroatoms. The van der Waals surface area contributed by atoms with E-state index in [-0.39, 0.29) is 6.04 Å². The normalized spacial score (nSPS) is 15.2. The van der Waals surface area contributed by atoms with Gasteiger partial charge in [0.1, 0.15) is 0 Å². The summed E-state index contributed by atoms with van der Waals surface area (Å²) in [6, 6.07) is 5.83. The van der Waals surface area contributed by atoms with Gasteiger partial charge in [0, 0.05) is 15.5 Å². The van der Waals surface area contributed by atoms with Crippen molar-refractivity contribution in [3.63, 3.8) is 0 Å². The van der Waals surface area contributed by atoms with Gasteiger partial charge in [-0.25, -0.2) is 0 Å². The maximum Gasteiger partial charge on any atom is 0.0417 e. The SMILES string of the molecule is CCC(C)[C@@H](N)c1ccc(Cl)cc1Br. The summed E-state index contributed by atoms with van der Waals surface area (Å²) in [5.41, 5.74) is 7.26. The molecule has 0 saturated carbocycles. The molecule has 1 aromatic carbocycles. The van der Waals surface area contributed by atoms with Crippen molar-refractivity contribution >= 4 is 27.5 Å². The molecular formula is C11H15BrClN. The lowest BCUT2D eigenvalue weighted by Gasteiger charge is -2.20. The van der Waals surface area contributed by atoms with E-state index in [1.165, 1.54) is 0 Å². The van der Waals surface area contributed by atoms with Gasteiger partial charge in [0.2, 0.25) is 0 Å². The quantitative estimate of drug-likeness (QED) is 0.882. The van der Waals surface area contributed by atoms with Crippen LogP contribution in [0.3, 0.4) is 0 Å². The lowest BCUT2D eigenvalue weighted by Crippen LogP contribution is -2.18. The lowest BCUT2D eigenvalue weighted by atomic mass is 9.93. The molecule has 0 aliphatic carbocycles. The predicted octanol–water partition coefficient (Wildman–Crippen LogP) is 4.15. The number of halogens is 2. The van der Waals surface area contributed by atoms with Gasteiger partial charge in [-0.05, 0) is 23.6 Å². The zero-order valence-electron chi connectivity index (χ0n) is 8.43. The minimum absolute atomic E-state index is 0.0756. The molecule has 14 heavy (non-hydrogen) atoms. The van der Waals surface area contributed by atoms with Crippen molar-refractivity contribution in [2.45, 2.75) is 26.3 Å². The minimum atomic E-state index is 0.0756. The third kappa shape index (κ3) is 2.72. The van der Waals surface area contributed by atoms with Crippen LogP contribution in [-0.2, 0) is 0 Å². The van der Waals surface area contributed by atoms with Crippen LogP contribution in [0.25, 0.3) is 0 Å². The van der Waals surface area contributed by atoms with Crippen LogP contribution >= 0.6 is 27.5 Å². The summed E-state index contributed by atoms with van der Waals surface area (Å²) >= 11 is 9.35. The molecule has 0 heterocycles. The zero-order chi connectivity index (χ0) is 10.7. The molecule has 0 radical (unpaired) electrons. The smallest absolute Gasteiger partial charge is 0.0417 e. The van der Waals surface area contributed by atoms with E-state index in [9.17, 15) is 0 Å². The Labute approximate surface area is 98.8 Å². The first-order valence-electron chi connectivity index (χ1n) is 4.76. The van der Waals surface area contributed by atoms with Crippen molar-refractivity contribution in [3.05, 3.63) is 33.3 Å². The molecule has 1 rings (SSSR count). The summed E-state index contributed by atoms with van der Waals surface area (Å²) in [7, 11) is 0. The molecule has 0 spiro atoms. The Bertz CT molecular complexity index is 314. The maximum absolute atomic E-state index is 6.13. The second kappa shape index (κ2) is 5.15. The highest BCUT2D eigenvalue weighted by Gasteiger charge is 2.15. The Morgan fingerprint density at radius 2 is 2.14 bits per heavy atom. The van der Waals surface area contributed by atoms with E-state index < -0.39 is 0 Å². The Balaban J connectivity index is 2.95. The number of hydrogen-bond donors (Lipinski definition) is 1. The number of benzene rings is 1. The van der Waals surface area contributed by atoms with Gasteiger partial charge in [-0.1, -0.05) is 53.9 Å². The Hall–Kier alpha value is -0.0500. The van der Waals surface area contributed by atoms with Gasteiger partial charge < -0.3 is 5.73 Å². The van der Waals surface area contributed by atoms with Crippen LogP contribution < -0.4 is 5.73 Å². The molecule has 0 aromatic heterocycles. The van der Waals surface area contributed by atoms with Gasteiger partial charge in [0.25, 0.3) is 0 Å². The number of nitrogens with two attached hydrogens (primary N) is 1. The minimum Gasteiger partial charge on any atom is -0.324 e. The Morgan fingerprint density at radius 1 is 1.50 bits per heavy atom. The third-order valence-corrected chi connectivity index (χ3v) is 3.50. The zero-order valence-corrected chi connectivity index (χ0v) is 10.8. The monoisotopic (exact) mass is 275 g/mol. The maximum atomic E-state index is 6.13. The molecule has 0 fully saturated rings. The highest BCUT2D eigenvalue weighted by molar-refractivity contribution is 9.10. The van der Waals surface area contributed by atoms with Gasteiger partial charge in [0.05, 0.1) is 0 Å². The van der Waals surface area contributed by atoms with Crippen LogP contribution in [0.5, 0.6) is 0 Å². The Morgan fingerprint density at radius 3 is 2.64 bits per heavy atom. The van der Waals surface area contributed by atoms with E-state index >= 15 is 0 Å².